The quantitative estimate of drug-likeness (QED) is 0.759. The van der Waals surface area contributed by atoms with Crippen LogP contribution in [0, 0.1) is 0 Å². The third kappa shape index (κ3) is 5.66. The van der Waals surface area contributed by atoms with Gasteiger partial charge in [0.25, 0.3) is 0 Å². The molecule has 0 aromatic carbocycles. The molecule has 0 bridgehead atoms. The lowest BCUT2D eigenvalue weighted by Gasteiger charge is -2.40. The second kappa shape index (κ2) is 9.67. The minimum atomic E-state index is 0. The fourth-order valence-corrected chi connectivity index (χ4v) is 3.05. The highest BCUT2D eigenvalue weighted by atomic mass is 35.5. The van der Waals surface area contributed by atoms with Crippen molar-refractivity contribution in [2.45, 2.75) is 26.0 Å². The van der Waals surface area contributed by atoms with Crippen molar-refractivity contribution >= 4 is 18.3 Å². The first-order valence-corrected chi connectivity index (χ1v) is 8.10. The number of carbonyl (C=O) groups excluding carboxylic acids is 1. The van der Waals surface area contributed by atoms with E-state index < -0.39 is 0 Å². The van der Waals surface area contributed by atoms with Gasteiger partial charge in [-0.2, -0.15) is 0 Å². The highest BCUT2D eigenvalue weighted by molar-refractivity contribution is 5.85. The van der Waals surface area contributed by atoms with Gasteiger partial charge in [-0.15, -0.1) is 12.4 Å². The predicted octanol–water partition coefficient (Wildman–Crippen LogP) is -0.119. The monoisotopic (exact) mass is 334 g/mol. The summed E-state index contributed by atoms with van der Waals surface area (Å²) in [4.78, 5) is 18.7. The zero-order chi connectivity index (χ0) is 15.2. The van der Waals surface area contributed by atoms with Gasteiger partial charge >= 0.3 is 0 Å². The van der Waals surface area contributed by atoms with Crippen molar-refractivity contribution in [3.05, 3.63) is 0 Å². The van der Waals surface area contributed by atoms with Gasteiger partial charge in [0, 0.05) is 51.9 Å². The van der Waals surface area contributed by atoms with Crippen molar-refractivity contribution in [3.8, 4) is 0 Å². The second-order valence-electron chi connectivity index (χ2n) is 6.29. The smallest absolute Gasteiger partial charge is 0.236 e. The van der Waals surface area contributed by atoms with E-state index in [2.05, 4.69) is 29.0 Å². The zero-order valence-electron chi connectivity index (χ0n) is 14.1. The molecule has 2 aliphatic rings. The number of hydrogen-bond donors (Lipinski definition) is 1. The number of nitrogens with one attached hydrogen (secondary N) is 1. The molecule has 2 fully saturated rings. The molecule has 1 N–H and O–H groups in total. The van der Waals surface area contributed by atoms with Crippen molar-refractivity contribution in [2.24, 2.45) is 0 Å². The Bertz CT molecular complexity index is 336. The fraction of sp³-hybridized carbons (Fsp3) is 0.933. The normalized spacial score (nSPS) is 24.4. The number of halogens is 1. The van der Waals surface area contributed by atoms with Crippen molar-refractivity contribution < 1.29 is 9.53 Å². The number of morpholine rings is 1. The van der Waals surface area contributed by atoms with E-state index in [1.165, 1.54) is 0 Å². The number of amides is 1. The molecule has 130 valence electrons. The summed E-state index contributed by atoms with van der Waals surface area (Å²) in [5.41, 5.74) is 0. The Hall–Kier alpha value is -0.400. The van der Waals surface area contributed by atoms with Gasteiger partial charge in [0.1, 0.15) is 0 Å². The molecule has 1 atom stereocenters. The van der Waals surface area contributed by atoms with Crippen LogP contribution in [0.1, 0.15) is 13.8 Å². The largest absolute Gasteiger partial charge is 0.374 e. The van der Waals surface area contributed by atoms with Gasteiger partial charge in [-0.1, -0.05) is 0 Å². The topological polar surface area (TPSA) is 48.1 Å². The Labute approximate surface area is 140 Å². The van der Waals surface area contributed by atoms with Gasteiger partial charge in [-0.3, -0.25) is 14.6 Å². The molecule has 2 saturated heterocycles. The van der Waals surface area contributed by atoms with Gasteiger partial charge in [0.2, 0.25) is 5.91 Å². The maximum absolute atomic E-state index is 11.8. The number of piperazine rings is 1. The molecule has 0 saturated carbocycles. The van der Waals surface area contributed by atoms with E-state index in [0.29, 0.717) is 18.7 Å². The van der Waals surface area contributed by atoms with Gasteiger partial charge in [0.05, 0.1) is 19.3 Å². The van der Waals surface area contributed by atoms with Crippen LogP contribution >= 0.6 is 12.4 Å². The van der Waals surface area contributed by atoms with E-state index in [4.69, 9.17) is 4.74 Å². The summed E-state index contributed by atoms with van der Waals surface area (Å²) in [6, 6.07) is 0.590. The average molecular weight is 335 g/mol. The van der Waals surface area contributed by atoms with Crippen LogP contribution in [0.3, 0.4) is 0 Å². The van der Waals surface area contributed by atoms with Crippen LogP contribution in [0.2, 0.25) is 0 Å². The number of rotatable bonds is 5. The summed E-state index contributed by atoms with van der Waals surface area (Å²) < 4.78 is 5.90. The molecule has 2 heterocycles. The Morgan fingerprint density at radius 3 is 2.50 bits per heavy atom. The molecule has 1 unspecified atom stereocenters. The minimum absolute atomic E-state index is 0. The van der Waals surface area contributed by atoms with Crippen molar-refractivity contribution in [1.29, 1.82) is 0 Å². The molecule has 0 aromatic heterocycles. The number of hydrogen-bond acceptors (Lipinski definition) is 5. The number of ether oxygens (including phenoxy) is 1. The molecular formula is C15H31ClN4O2. The Morgan fingerprint density at radius 1 is 1.23 bits per heavy atom. The zero-order valence-corrected chi connectivity index (χ0v) is 14.9. The lowest BCUT2D eigenvalue weighted by atomic mass is 10.2. The maximum atomic E-state index is 11.8. The summed E-state index contributed by atoms with van der Waals surface area (Å²) in [6.07, 6.45) is 0.306. The van der Waals surface area contributed by atoms with Gasteiger partial charge in [-0.25, -0.2) is 0 Å². The summed E-state index contributed by atoms with van der Waals surface area (Å²) in [5.74, 6) is 0.206. The molecule has 7 heteroatoms. The molecular weight excluding hydrogens is 304 g/mol. The number of nitrogens with zero attached hydrogens (tertiary/aromatic N) is 3. The van der Waals surface area contributed by atoms with Crippen LogP contribution in [0.4, 0.5) is 0 Å². The lowest BCUT2D eigenvalue weighted by molar-refractivity contribution is -0.132. The van der Waals surface area contributed by atoms with E-state index in [9.17, 15) is 4.79 Å². The van der Waals surface area contributed by atoms with E-state index in [0.717, 1.165) is 52.4 Å². The molecule has 0 radical (unpaired) electrons. The highest BCUT2D eigenvalue weighted by Crippen LogP contribution is 2.11. The van der Waals surface area contributed by atoms with Crippen LogP contribution < -0.4 is 5.32 Å². The first-order valence-electron chi connectivity index (χ1n) is 8.10. The first kappa shape index (κ1) is 19.6. The second-order valence-corrected chi connectivity index (χ2v) is 6.29. The molecule has 0 spiro atoms. The summed E-state index contributed by atoms with van der Waals surface area (Å²) in [7, 11) is 1.81. The first-order chi connectivity index (χ1) is 10.1. The SMILES string of the molecule is CNCC(=O)N1CCN(CC2CN(C(C)C)CCO2)CC1.Cl. The molecule has 6 nitrogen and oxygen atoms in total. The lowest BCUT2D eigenvalue weighted by Crippen LogP contribution is -2.55. The average Bonchev–Trinajstić information content (AvgIpc) is 2.48. The summed E-state index contributed by atoms with van der Waals surface area (Å²) in [6.45, 7) is 12.4. The Kier molecular flexibility index (Phi) is 8.64. The van der Waals surface area contributed by atoms with Crippen LogP contribution in [0.15, 0.2) is 0 Å². The van der Waals surface area contributed by atoms with Crippen LogP contribution in [0.25, 0.3) is 0 Å². The van der Waals surface area contributed by atoms with Gasteiger partial charge in [0.15, 0.2) is 0 Å². The standard InChI is InChI=1S/C15H30N4O2.ClH/c1-13(2)19-8-9-21-14(12-19)11-17-4-6-18(7-5-17)15(20)10-16-3;/h13-14,16H,4-12H2,1-3H3;1H. The predicted molar refractivity (Wildman–Crippen MR) is 90.6 cm³/mol. The van der Waals surface area contributed by atoms with Crippen molar-refractivity contribution in [3.63, 3.8) is 0 Å². The molecule has 1 amide bonds. The van der Waals surface area contributed by atoms with Crippen molar-refractivity contribution in [2.75, 3.05) is 66.0 Å². The van der Waals surface area contributed by atoms with E-state index in [1.807, 2.05) is 11.9 Å². The maximum Gasteiger partial charge on any atom is 0.236 e. The molecule has 2 rings (SSSR count). The molecule has 0 aliphatic carbocycles. The Balaban J connectivity index is 0.00000242. The van der Waals surface area contributed by atoms with Crippen LogP contribution in [-0.4, -0.2) is 98.8 Å². The van der Waals surface area contributed by atoms with Crippen molar-refractivity contribution in [1.82, 2.24) is 20.0 Å². The third-order valence-corrected chi connectivity index (χ3v) is 4.42. The fourth-order valence-electron chi connectivity index (χ4n) is 3.05. The third-order valence-electron chi connectivity index (χ3n) is 4.42. The number of carbonyl (C=O) groups is 1. The number of likely N-dealkylation sites (N-methyl/N-ethyl adjacent to an activating group) is 1. The van der Waals surface area contributed by atoms with E-state index >= 15 is 0 Å². The highest BCUT2D eigenvalue weighted by Gasteiger charge is 2.26. The Morgan fingerprint density at radius 2 is 1.91 bits per heavy atom. The van der Waals surface area contributed by atoms with E-state index in [1.54, 1.807) is 0 Å². The molecule has 0 aromatic rings. The van der Waals surface area contributed by atoms with Crippen LogP contribution in [-0.2, 0) is 9.53 Å². The van der Waals surface area contributed by atoms with E-state index in [-0.39, 0.29) is 18.3 Å². The van der Waals surface area contributed by atoms with Gasteiger partial charge < -0.3 is 15.0 Å². The molecule has 2 aliphatic heterocycles. The minimum Gasteiger partial charge on any atom is -0.374 e. The molecule has 22 heavy (non-hydrogen) atoms. The summed E-state index contributed by atoms with van der Waals surface area (Å²) >= 11 is 0. The summed E-state index contributed by atoms with van der Waals surface area (Å²) in [5, 5.41) is 2.93. The van der Waals surface area contributed by atoms with Gasteiger partial charge in [-0.05, 0) is 20.9 Å². The van der Waals surface area contributed by atoms with Crippen LogP contribution in [0.5, 0.6) is 0 Å².